The Hall–Kier alpha value is -1.49. The maximum absolute atomic E-state index is 13.3. The van der Waals surface area contributed by atoms with Gasteiger partial charge in [0.2, 0.25) is 0 Å². The van der Waals surface area contributed by atoms with E-state index in [9.17, 15) is 4.39 Å². The zero-order chi connectivity index (χ0) is 12.6. The van der Waals surface area contributed by atoms with Crippen LogP contribution in [0.2, 0.25) is 5.15 Å². The highest BCUT2D eigenvalue weighted by Gasteiger charge is 2.15. The van der Waals surface area contributed by atoms with Crippen LogP contribution in [0.4, 0.5) is 4.39 Å². The number of nitrogens with zero attached hydrogens (tertiary/aromatic N) is 4. The number of aryl methyl sites for hydroxylation is 1. The number of hydrogen-bond donors (Lipinski definition) is 0. The third-order valence-electron chi connectivity index (χ3n) is 2.43. The molecule has 2 rings (SSSR count). The molecule has 0 atom stereocenters. The molecule has 2 aromatic rings. The lowest BCUT2D eigenvalue weighted by Crippen LogP contribution is -2.05. The van der Waals surface area contributed by atoms with Gasteiger partial charge in [-0.15, -0.1) is 0 Å². The fourth-order valence-electron chi connectivity index (χ4n) is 1.53. The molecule has 0 fully saturated rings. The van der Waals surface area contributed by atoms with Crippen molar-refractivity contribution in [2.75, 3.05) is 0 Å². The molecule has 2 heterocycles. The number of aromatic nitrogens is 4. The quantitative estimate of drug-likeness (QED) is 0.774. The highest BCUT2D eigenvalue weighted by molar-refractivity contribution is 6.29. The third kappa shape index (κ3) is 2.15. The first-order chi connectivity index (χ1) is 8.00. The molecule has 0 aliphatic rings. The Labute approximate surface area is 103 Å². The Morgan fingerprint density at radius 3 is 2.65 bits per heavy atom. The van der Waals surface area contributed by atoms with Crippen LogP contribution in [-0.4, -0.2) is 19.5 Å². The fourth-order valence-corrected chi connectivity index (χ4v) is 1.74. The first-order valence-electron chi connectivity index (χ1n) is 5.22. The lowest BCUT2D eigenvalue weighted by Gasteiger charge is -2.11. The normalized spacial score (nSPS) is 11.2. The van der Waals surface area contributed by atoms with E-state index in [2.05, 4.69) is 15.0 Å². The molecule has 0 aliphatic heterocycles. The molecular weight excluding hydrogens is 243 g/mol. The number of halogens is 2. The zero-order valence-corrected chi connectivity index (χ0v) is 10.5. The SMILES string of the molecule is Cc1nc(-c2cncn2C(C)C)nc(Cl)c1F. The van der Waals surface area contributed by atoms with Gasteiger partial charge in [-0.2, -0.15) is 0 Å². The molecular formula is C11H12ClFN4. The van der Waals surface area contributed by atoms with E-state index in [-0.39, 0.29) is 16.9 Å². The monoisotopic (exact) mass is 254 g/mol. The third-order valence-corrected chi connectivity index (χ3v) is 2.68. The van der Waals surface area contributed by atoms with Gasteiger partial charge >= 0.3 is 0 Å². The Bertz CT molecular complexity index is 527. The van der Waals surface area contributed by atoms with Crippen molar-refractivity contribution in [1.82, 2.24) is 19.5 Å². The van der Waals surface area contributed by atoms with Gasteiger partial charge < -0.3 is 4.57 Å². The Kier molecular flexibility index (Phi) is 3.11. The van der Waals surface area contributed by atoms with Gasteiger partial charge in [0.25, 0.3) is 0 Å². The number of rotatable bonds is 2. The average Bonchev–Trinajstić information content (AvgIpc) is 2.74. The van der Waals surface area contributed by atoms with Crippen LogP contribution in [0, 0.1) is 12.7 Å². The summed E-state index contributed by atoms with van der Waals surface area (Å²) in [7, 11) is 0. The van der Waals surface area contributed by atoms with E-state index >= 15 is 0 Å². The molecule has 0 radical (unpaired) electrons. The van der Waals surface area contributed by atoms with Crippen LogP contribution in [0.3, 0.4) is 0 Å². The van der Waals surface area contributed by atoms with Crippen LogP contribution in [0.5, 0.6) is 0 Å². The van der Waals surface area contributed by atoms with Gasteiger partial charge in [-0.1, -0.05) is 11.6 Å². The van der Waals surface area contributed by atoms with Crippen molar-refractivity contribution >= 4 is 11.6 Å². The molecule has 0 saturated carbocycles. The van der Waals surface area contributed by atoms with Gasteiger partial charge in [-0.25, -0.2) is 19.3 Å². The summed E-state index contributed by atoms with van der Waals surface area (Å²) >= 11 is 5.71. The van der Waals surface area contributed by atoms with E-state index in [1.165, 1.54) is 0 Å². The Morgan fingerprint density at radius 2 is 2.06 bits per heavy atom. The lowest BCUT2D eigenvalue weighted by atomic mass is 10.3. The topological polar surface area (TPSA) is 43.6 Å². The number of imidazole rings is 1. The van der Waals surface area contributed by atoms with E-state index in [4.69, 9.17) is 11.6 Å². The summed E-state index contributed by atoms with van der Waals surface area (Å²) in [6, 6.07) is 0.222. The molecule has 0 bridgehead atoms. The van der Waals surface area contributed by atoms with E-state index < -0.39 is 5.82 Å². The van der Waals surface area contributed by atoms with Crippen LogP contribution < -0.4 is 0 Å². The maximum atomic E-state index is 13.3. The standard InChI is InChI=1S/C11H12ClFN4/c1-6(2)17-5-14-4-8(17)11-15-7(3)9(13)10(12)16-11/h4-6H,1-3H3. The van der Waals surface area contributed by atoms with Crippen molar-refractivity contribution in [3.63, 3.8) is 0 Å². The smallest absolute Gasteiger partial charge is 0.181 e. The van der Waals surface area contributed by atoms with Gasteiger partial charge in [0.1, 0.15) is 5.69 Å². The molecule has 0 aromatic carbocycles. The molecule has 4 nitrogen and oxygen atoms in total. The van der Waals surface area contributed by atoms with Crippen LogP contribution in [0.25, 0.3) is 11.5 Å². The molecule has 6 heteroatoms. The van der Waals surface area contributed by atoms with Crippen LogP contribution in [0.1, 0.15) is 25.6 Å². The maximum Gasteiger partial charge on any atom is 0.181 e. The van der Waals surface area contributed by atoms with Crippen molar-refractivity contribution in [3.8, 4) is 11.5 Å². The minimum absolute atomic E-state index is 0.163. The van der Waals surface area contributed by atoms with E-state index in [0.717, 1.165) is 5.69 Å². The molecule has 0 unspecified atom stereocenters. The second-order valence-corrected chi connectivity index (χ2v) is 4.38. The molecule has 2 aromatic heterocycles. The zero-order valence-electron chi connectivity index (χ0n) is 9.78. The van der Waals surface area contributed by atoms with Crippen LogP contribution in [0.15, 0.2) is 12.5 Å². The van der Waals surface area contributed by atoms with Crippen molar-refractivity contribution in [2.45, 2.75) is 26.8 Å². The summed E-state index contributed by atoms with van der Waals surface area (Å²) in [5, 5.41) is -0.163. The summed E-state index contributed by atoms with van der Waals surface area (Å²) in [6.45, 7) is 5.59. The van der Waals surface area contributed by atoms with E-state index in [1.807, 2.05) is 18.4 Å². The molecule has 0 saturated heterocycles. The van der Waals surface area contributed by atoms with Gasteiger partial charge in [0.15, 0.2) is 16.8 Å². The van der Waals surface area contributed by atoms with Crippen molar-refractivity contribution in [1.29, 1.82) is 0 Å². The van der Waals surface area contributed by atoms with Crippen LogP contribution in [-0.2, 0) is 0 Å². The molecule has 90 valence electrons. The summed E-state index contributed by atoms with van der Waals surface area (Å²) in [4.78, 5) is 12.1. The van der Waals surface area contributed by atoms with Gasteiger partial charge in [-0.05, 0) is 20.8 Å². The molecule has 17 heavy (non-hydrogen) atoms. The van der Waals surface area contributed by atoms with Crippen LogP contribution >= 0.6 is 11.6 Å². The molecule has 0 aliphatic carbocycles. The Balaban J connectivity index is 2.57. The summed E-state index contributed by atoms with van der Waals surface area (Å²) < 4.78 is 15.2. The molecule has 0 amide bonds. The van der Waals surface area contributed by atoms with Crippen molar-refractivity contribution in [3.05, 3.63) is 29.2 Å². The first kappa shape index (κ1) is 12.0. The fraction of sp³-hybridized carbons (Fsp3) is 0.364. The highest BCUT2D eigenvalue weighted by atomic mass is 35.5. The number of hydrogen-bond acceptors (Lipinski definition) is 3. The van der Waals surface area contributed by atoms with Gasteiger partial charge in [-0.3, -0.25) is 0 Å². The van der Waals surface area contributed by atoms with Gasteiger partial charge in [0, 0.05) is 6.04 Å². The minimum Gasteiger partial charge on any atom is -0.325 e. The van der Waals surface area contributed by atoms with Crippen molar-refractivity contribution < 1.29 is 4.39 Å². The second kappa shape index (κ2) is 4.41. The summed E-state index contributed by atoms with van der Waals surface area (Å²) in [5.74, 6) is -0.189. The molecule has 0 spiro atoms. The highest BCUT2D eigenvalue weighted by Crippen LogP contribution is 2.22. The minimum atomic E-state index is -0.578. The second-order valence-electron chi connectivity index (χ2n) is 4.02. The predicted molar refractivity (Wildman–Crippen MR) is 63.3 cm³/mol. The predicted octanol–water partition coefficient (Wildman–Crippen LogP) is 3.02. The van der Waals surface area contributed by atoms with E-state index in [0.29, 0.717) is 5.82 Å². The molecule has 0 N–H and O–H groups in total. The first-order valence-corrected chi connectivity index (χ1v) is 5.60. The lowest BCUT2D eigenvalue weighted by molar-refractivity contribution is 0.593. The van der Waals surface area contributed by atoms with Gasteiger partial charge in [0.05, 0.1) is 18.2 Å². The average molecular weight is 255 g/mol. The summed E-state index contributed by atoms with van der Waals surface area (Å²) in [5.41, 5.74) is 0.960. The summed E-state index contributed by atoms with van der Waals surface area (Å²) in [6.07, 6.45) is 3.33. The van der Waals surface area contributed by atoms with E-state index in [1.54, 1.807) is 19.4 Å². The largest absolute Gasteiger partial charge is 0.325 e. The Morgan fingerprint density at radius 1 is 1.35 bits per heavy atom. The van der Waals surface area contributed by atoms with Crippen molar-refractivity contribution in [2.24, 2.45) is 0 Å².